The van der Waals surface area contributed by atoms with Gasteiger partial charge in [0.25, 0.3) is 0 Å². The molecular weight excluding hydrogens is 198 g/mol. The zero-order valence-corrected chi connectivity index (χ0v) is 11.1. The molecule has 0 amide bonds. The summed E-state index contributed by atoms with van der Waals surface area (Å²) < 4.78 is 0. The van der Waals surface area contributed by atoms with Crippen LogP contribution in [0.2, 0.25) is 0 Å². The molecule has 2 N–H and O–H groups in total. The summed E-state index contributed by atoms with van der Waals surface area (Å²) >= 11 is 0. The Hall–Kier alpha value is -0.370. The SMILES string of the molecule is CC(C)CCC(=O)C1(CN)CCC(C)CC1. The largest absolute Gasteiger partial charge is 0.329 e. The van der Waals surface area contributed by atoms with Gasteiger partial charge in [0.2, 0.25) is 0 Å². The van der Waals surface area contributed by atoms with Crippen LogP contribution in [-0.2, 0) is 4.79 Å². The maximum atomic E-state index is 12.3. The number of carbonyl (C=O) groups excluding carboxylic acids is 1. The van der Waals surface area contributed by atoms with Gasteiger partial charge in [-0.3, -0.25) is 4.79 Å². The van der Waals surface area contributed by atoms with Crippen LogP contribution in [0.3, 0.4) is 0 Å². The first kappa shape index (κ1) is 13.7. The van der Waals surface area contributed by atoms with Gasteiger partial charge in [0.1, 0.15) is 5.78 Å². The molecule has 1 rings (SSSR count). The van der Waals surface area contributed by atoms with Gasteiger partial charge in [-0.2, -0.15) is 0 Å². The van der Waals surface area contributed by atoms with Crippen LogP contribution in [-0.4, -0.2) is 12.3 Å². The molecule has 0 saturated heterocycles. The lowest BCUT2D eigenvalue weighted by atomic mass is 9.67. The fourth-order valence-corrected chi connectivity index (χ4v) is 2.60. The maximum Gasteiger partial charge on any atom is 0.140 e. The summed E-state index contributed by atoms with van der Waals surface area (Å²) in [4.78, 5) is 12.3. The second-order valence-electron chi connectivity index (χ2n) is 6.02. The second kappa shape index (κ2) is 5.81. The summed E-state index contributed by atoms with van der Waals surface area (Å²) in [6.45, 7) is 7.17. The Bertz CT molecular complexity index is 227. The van der Waals surface area contributed by atoms with Gasteiger partial charge in [-0.15, -0.1) is 0 Å². The minimum Gasteiger partial charge on any atom is -0.329 e. The fraction of sp³-hybridized carbons (Fsp3) is 0.929. The van der Waals surface area contributed by atoms with E-state index in [1.165, 1.54) is 12.8 Å². The van der Waals surface area contributed by atoms with Crippen LogP contribution >= 0.6 is 0 Å². The lowest BCUT2D eigenvalue weighted by Crippen LogP contribution is -2.41. The highest BCUT2D eigenvalue weighted by Crippen LogP contribution is 2.39. The van der Waals surface area contributed by atoms with Crippen molar-refractivity contribution in [3.05, 3.63) is 0 Å². The molecule has 94 valence electrons. The maximum absolute atomic E-state index is 12.3. The number of rotatable bonds is 5. The third-order valence-electron chi connectivity index (χ3n) is 4.16. The lowest BCUT2D eigenvalue weighted by Gasteiger charge is -2.37. The number of hydrogen-bond donors (Lipinski definition) is 1. The third-order valence-corrected chi connectivity index (χ3v) is 4.16. The molecule has 16 heavy (non-hydrogen) atoms. The zero-order chi connectivity index (χ0) is 12.2. The summed E-state index contributed by atoms with van der Waals surface area (Å²) in [5.74, 6) is 1.81. The Morgan fingerprint density at radius 3 is 2.38 bits per heavy atom. The van der Waals surface area contributed by atoms with E-state index in [1.54, 1.807) is 0 Å². The number of nitrogens with two attached hydrogens (primary N) is 1. The number of carbonyl (C=O) groups is 1. The van der Waals surface area contributed by atoms with E-state index < -0.39 is 0 Å². The number of hydrogen-bond acceptors (Lipinski definition) is 2. The molecule has 1 aliphatic rings. The van der Waals surface area contributed by atoms with E-state index in [9.17, 15) is 4.79 Å². The first-order valence-corrected chi connectivity index (χ1v) is 6.73. The molecule has 0 bridgehead atoms. The average molecular weight is 225 g/mol. The van der Waals surface area contributed by atoms with Crippen molar-refractivity contribution in [1.82, 2.24) is 0 Å². The molecule has 0 aliphatic heterocycles. The molecular formula is C14H27NO. The van der Waals surface area contributed by atoms with E-state index in [4.69, 9.17) is 5.73 Å². The lowest BCUT2D eigenvalue weighted by molar-refractivity contribution is -0.130. The van der Waals surface area contributed by atoms with Crippen LogP contribution in [0, 0.1) is 17.3 Å². The molecule has 1 aliphatic carbocycles. The monoisotopic (exact) mass is 225 g/mol. The number of Topliss-reactive ketones (excluding diaryl/α,β-unsaturated/α-hetero) is 1. The van der Waals surface area contributed by atoms with Gasteiger partial charge in [-0.05, 0) is 43.9 Å². The predicted molar refractivity (Wildman–Crippen MR) is 68.2 cm³/mol. The van der Waals surface area contributed by atoms with Crippen LogP contribution in [0.1, 0.15) is 59.3 Å². The summed E-state index contributed by atoms with van der Waals surface area (Å²) in [6, 6.07) is 0. The van der Waals surface area contributed by atoms with Crippen molar-refractivity contribution in [3.63, 3.8) is 0 Å². The van der Waals surface area contributed by atoms with Crippen molar-refractivity contribution in [2.45, 2.75) is 59.3 Å². The van der Waals surface area contributed by atoms with E-state index >= 15 is 0 Å². The highest BCUT2D eigenvalue weighted by atomic mass is 16.1. The minimum atomic E-state index is -0.165. The molecule has 1 fully saturated rings. The molecule has 2 heteroatoms. The molecule has 0 aromatic heterocycles. The topological polar surface area (TPSA) is 43.1 Å². The smallest absolute Gasteiger partial charge is 0.140 e. The Balaban J connectivity index is 2.55. The van der Waals surface area contributed by atoms with E-state index in [2.05, 4.69) is 20.8 Å². The second-order valence-corrected chi connectivity index (χ2v) is 6.02. The highest BCUT2D eigenvalue weighted by molar-refractivity contribution is 5.85. The van der Waals surface area contributed by atoms with Crippen LogP contribution in [0.4, 0.5) is 0 Å². The van der Waals surface area contributed by atoms with Crippen molar-refractivity contribution < 1.29 is 4.79 Å². The zero-order valence-electron chi connectivity index (χ0n) is 11.1. The summed E-state index contributed by atoms with van der Waals surface area (Å²) in [6.07, 6.45) is 6.11. The van der Waals surface area contributed by atoms with Crippen molar-refractivity contribution in [1.29, 1.82) is 0 Å². The van der Waals surface area contributed by atoms with Crippen molar-refractivity contribution in [2.24, 2.45) is 23.0 Å². The first-order chi connectivity index (χ1) is 7.50. The average Bonchev–Trinajstić information content (AvgIpc) is 2.27. The summed E-state index contributed by atoms with van der Waals surface area (Å²) in [5, 5.41) is 0. The Morgan fingerprint density at radius 1 is 1.38 bits per heavy atom. The predicted octanol–water partition coefficient (Wildman–Crippen LogP) is 3.15. The van der Waals surface area contributed by atoms with Gasteiger partial charge >= 0.3 is 0 Å². The van der Waals surface area contributed by atoms with Crippen molar-refractivity contribution >= 4 is 5.78 Å². The molecule has 0 radical (unpaired) electrons. The summed E-state index contributed by atoms with van der Waals surface area (Å²) in [7, 11) is 0. The highest BCUT2D eigenvalue weighted by Gasteiger charge is 2.38. The van der Waals surface area contributed by atoms with Crippen LogP contribution in [0.15, 0.2) is 0 Å². The van der Waals surface area contributed by atoms with E-state index in [0.29, 0.717) is 18.2 Å². The summed E-state index contributed by atoms with van der Waals surface area (Å²) in [5.41, 5.74) is 5.70. The van der Waals surface area contributed by atoms with Crippen LogP contribution < -0.4 is 5.73 Å². The third kappa shape index (κ3) is 3.31. The van der Waals surface area contributed by atoms with Gasteiger partial charge < -0.3 is 5.73 Å². The Kier molecular flexibility index (Phi) is 4.97. The van der Waals surface area contributed by atoms with E-state index in [0.717, 1.165) is 31.6 Å². The first-order valence-electron chi connectivity index (χ1n) is 6.73. The van der Waals surface area contributed by atoms with Gasteiger partial charge in [0.15, 0.2) is 0 Å². The Labute approximate surface area is 100.0 Å². The molecule has 2 nitrogen and oxygen atoms in total. The van der Waals surface area contributed by atoms with Gasteiger partial charge in [-0.25, -0.2) is 0 Å². The standard InChI is InChI=1S/C14H27NO/c1-11(2)4-5-13(16)14(10-15)8-6-12(3)7-9-14/h11-12H,4-10,15H2,1-3H3. The van der Waals surface area contributed by atoms with E-state index in [1.807, 2.05) is 0 Å². The Morgan fingerprint density at radius 2 is 1.94 bits per heavy atom. The van der Waals surface area contributed by atoms with Crippen molar-refractivity contribution in [3.8, 4) is 0 Å². The molecule has 0 aromatic carbocycles. The molecule has 0 spiro atoms. The molecule has 1 saturated carbocycles. The van der Waals surface area contributed by atoms with E-state index in [-0.39, 0.29) is 5.41 Å². The fourth-order valence-electron chi connectivity index (χ4n) is 2.60. The van der Waals surface area contributed by atoms with Gasteiger partial charge in [-0.1, -0.05) is 20.8 Å². The van der Waals surface area contributed by atoms with Crippen LogP contribution in [0.5, 0.6) is 0 Å². The van der Waals surface area contributed by atoms with Gasteiger partial charge in [0.05, 0.1) is 0 Å². The van der Waals surface area contributed by atoms with Crippen LogP contribution in [0.25, 0.3) is 0 Å². The quantitative estimate of drug-likeness (QED) is 0.781. The number of ketones is 1. The van der Waals surface area contributed by atoms with Gasteiger partial charge in [0, 0.05) is 18.4 Å². The molecule has 0 atom stereocenters. The minimum absolute atomic E-state index is 0.165. The molecule has 0 unspecified atom stereocenters. The van der Waals surface area contributed by atoms with Crippen molar-refractivity contribution in [2.75, 3.05) is 6.54 Å². The normalized spacial score (nSPS) is 30.7. The molecule has 0 aromatic rings. The molecule has 0 heterocycles.